The number of carbonyl (C=O) groups is 1. The van der Waals surface area contributed by atoms with E-state index in [-0.39, 0.29) is 5.91 Å². The maximum atomic E-state index is 12.0. The molecule has 2 aromatic rings. The number of nitrogens with one attached hydrogen (secondary N) is 1. The van der Waals surface area contributed by atoms with Crippen molar-refractivity contribution in [2.75, 3.05) is 0 Å². The normalized spacial score (nSPS) is 18.0. The van der Waals surface area contributed by atoms with Crippen molar-refractivity contribution in [3.05, 3.63) is 64.3 Å². The number of amides is 1. The number of aromatic nitrogens is 1. The minimum Gasteiger partial charge on any atom is -0.300 e. The molecule has 3 rings (SSSR count). The average Bonchev–Trinajstić information content (AvgIpc) is 2.84. The monoisotopic (exact) mass is 309 g/mol. The SMILES string of the molecule is Cc1ccc(N=C2NC(=O)C(=Cc3ccncc3)S2)cc1C. The highest BCUT2D eigenvalue weighted by molar-refractivity contribution is 8.18. The Hall–Kier alpha value is -2.40. The molecule has 1 N–H and O–H groups in total. The Labute approximate surface area is 133 Å². The number of aliphatic imine (C=N–C) groups is 1. The van der Waals surface area contributed by atoms with Gasteiger partial charge in [-0.25, -0.2) is 4.99 Å². The summed E-state index contributed by atoms with van der Waals surface area (Å²) in [6.45, 7) is 4.11. The van der Waals surface area contributed by atoms with Crippen LogP contribution in [0, 0.1) is 13.8 Å². The third kappa shape index (κ3) is 3.26. The Morgan fingerprint density at radius 2 is 1.91 bits per heavy atom. The zero-order valence-corrected chi connectivity index (χ0v) is 13.1. The third-order valence-corrected chi connectivity index (χ3v) is 4.29. The van der Waals surface area contributed by atoms with E-state index in [4.69, 9.17) is 0 Å². The number of aryl methyl sites for hydroxylation is 2. The number of pyridine rings is 1. The number of rotatable bonds is 2. The van der Waals surface area contributed by atoms with Crippen molar-refractivity contribution < 1.29 is 4.79 Å². The van der Waals surface area contributed by atoms with Gasteiger partial charge in [-0.05, 0) is 72.6 Å². The Bertz CT molecular complexity index is 782. The first kappa shape index (κ1) is 14.5. The van der Waals surface area contributed by atoms with E-state index in [0.717, 1.165) is 11.3 Å². The molecular weight excluding hydrogens is 294 g/mol. The third-order valence-electron chi connectivity index (χ3n) is 3.38. The first-order chi connectivity index (χ1) is 10.6. The molecule has 0 atom stereocenters. The topological polar surface area (TPSA) is 54.4 Å². The minimum absolute atomic E-state index is 0.121. The zero-order valence-electron chi connectivity index (χ0n) is 12.3. The molecule has 0 unspecified atom stereocenters. The molecule has 110 valence electrons. The Morgan fingerprint density at radius 3 is 2.64 bits per heavy atom. The molecule has 1 saturated heterocycles. The van der Waals surface area contributed by atoms with Gasteiger partial charge in [0.05, 0.1) is 10.6 Å². The Balaban J connectivity index is 1.83. The number of hydrogen-bond donors (Lipinski definition) is 1. The maximum absolute atomic E-state index is 12.0. The van der Waals surface area contributed by atoms with Crippen LogP contribution in [0.3, 0.4) is 0 Å². The van der Waals surface area contributed by atoms with Crippen molar-refractivity contribution >= 4 is 34.6 Å². The van der Waals surface area contributed by atoms with Crippen LogP contribution in [-0.4, -0.2) is 16.1 Å². The van der Waals surface area contributed by atoms with E-state index in [0.29, 0.717) is 10.1 Å². The van der Waals surface area contributed by atoms with Gasteiger partial charge >= 0.3 is 0 Å². The van der Waals surface area contributed by atoms with Crippen LogP contribution in [0.4, 0.5) is 5.69 Å². The molecule has 5 heteroatoms. The van der Waals surface area contributed by atoms with Crippen LogP contribution in [0.1, 0.15) is 16.7 Å². The van der Waals surface area contributed by atoms with Crippen LogP contribution in [0.15, 0.2) is 52.6 Å². The van der Waals surface area contributed by atoms with Crippen molar-refractivity contribution in [3.8, 4) is 0 Å². The molecule has 0 bridgehead atoms. The number of thioether (sulfide) groups is 1. The van der Waals surface area contributed by atoms with Crippen LogP contribution in [0.2, 0.25) is 0 Å². The van der Waals surface area contributed by atoms with Gasteiger partial charge in [-0.15, -0.1) is 0 Å². The van der Waals surface area contributed by atoms with Crippen LogP contribution >= 0.6 is 11.8 Å². The van der Waals surface area contributed by atoms with E-state index in [9.17, 15) is 4.79 Å². The van der Waals surface area contributed by atoms with Crippen molar-refractivity contribution in [3.63, 3.8) is 0 Å². The van der Waals surface area contributed by atoms with E-state index >= 15 is 0 Å². The molecule has 4 nitrogen and oxygen atoms in total. The average molecular weight is 309 g/mol. The minimum atomic E-state index is -0.121. The summed E-state index contributed by atoms with van der Waals surface area (Å²) in [6, 6.07) is 9.72. The van der Waals surface area contributed by atoms with Gasteiger partial charge in [-0.3, -0.25) is 9.78 Å². The molecule has 1 aromatic carbocycles. The van der Waals surface area contributed by atoms with Gasteiger partial charge in [0.15, 0.2) is 5.17 Å². The Morgan fingerprint density at radius 1 is 1.14 bits per heavy atom. The van der Waals surface area contributed by atoms with Crippen molar-refractivity contribution in [2.24, 2.45) is 4.99 Å². The van der Waals surface area contributed by atoms with E-state index in [1.165, 1.54) is 22.9 Å². The van der Waals surface area contributed by atoms with E-state index in [2.05, 4.69) is 22.2 Å². The summed E-state index contributed by atoms with van der Waals surface area (Å²) in [5.74, 6) is -0.121. The van der Waals surface area contributed by atoms with Crippen molar-refractivity contribution in [1.82, 2.24) is 10.3 Å². The van der Waals surface area contributed by atoms with Gasteiger partial charge in [-0.1, -0.05) is 6.07 Å². The van der Waals surface area contributed by atoms with Crippen LogP contribution in [-0.2, 0) is 4.79 Å². The van der Waals surface area contributed by atoms with E-state index < -0.39 is 0 Å². The predicted octanol–water partition coefficient (Wildman–Crippen LogP) is 3.59. The second-order valence-corrected chi connectivity index (χ2v) is 6.06. The van der Waals surface area contributed by atoms with Gasteiger partial charge < -0.3 is 5.32 Å². The summed E-state index contributed by atoms with van der Waals surface area (Å²) >= 11 is 1.35. The first-order valence-corrected chi connectivity index (χ1v) is 7.70. The highest BCUT2D eigenvalue weighted by Gasteiger charge is 2.23. The van der Waals surface area contributed by atoms with Gasteiger partial charge in [0.25, 0.3) is 5.91 Å². The molecule has 1 amide bonds. The van der Waals surface area contributed by atoms with E-state index in [1.807, 2.05) is 43.3 Å². The van der Waals surface area contributed by atoms with Crippen molar-refractivity contribution in [2.45, 2.75) is 13.8 Å². The zero-order chi connectivity index (χ0) is 15.5. The van der Waals surface area contributed by atoms with Crippen LogP contribution in [0.25, 0.3) is 6.08 Å². The molecular formula is C17H15N3OS. The fraction of sp³-hybridized carbons (Fsp3) is 0.118. The lowest BCUT2D eigenvalue weighted by atomic mass is 10.1. The maximum Gasteiger partial charge on any atom is 0.264 e. The molecule has 0 saturated carbocycles. The van der Waals surface area contributed by atoms with E-state index in [1.54, 1.807) is 12.4 Å². The molecule has 1 aliphatic heterocycles. The van der Waals surface area contributed by atoms with Crippen LogP contribution < -0.4 is 5.32 Å². The highest BCUT2D eigenvalue weighted by Crippen LogP contribution is 2.28. The fourth-order valence-electron chi connectivity index (χ4n) is 2.00. The number of hydrogen-bond acceptors (Lipinski definition) is 4. The second kappa shape index (κ2) is 6.15. The summed E-state index contributed by atoms with van der Waals surface area (Å²) in [5, 5.41) is 3.40. The fourth-order valence-corrected chi connectivity index (χ4v) is 2.85. The van der Waals surface area contributed by atoms with Crippen LogP contribution in [0.5, 0.6) is 0 Å². The standard InChI is InChI=1S/C17H15N3OS/c1-11-3-4-14(9-12(11)2)19-17-20-16(21)15(22-17)10-13-5-7-18-8-6-13/h3-10H,1-2H3,(H,19,20,21). The Kier molecular flexibility index (Phi) is 4.06. The summed E-state index contributed by atoms with van der Waals surface area (Å²) in [5.41, 5.74) is 4.20. The number of benzene rings is 1. The molecule has 0 aliphatic carbocycles. The largest absolute Gasteiger partial charge is 0.300 e. The lowest BCUT2D eigenvalue weighted by Crippen LogP contribution is -2.19. The predicted molar refractivity (Wildman–Crippen MR) is 91.0 cm³/mol. The number of amidine groups is 1. The lowest BCUT2D eigenvalue weighted by molar-refractivity contribution is -0.115. The number of carbonyl (C=O) groups excluding carboxylic acids is 1. The summed E-state index contributed by atoms with van der Waals surface area (Å²) in [6.07, 6.45) is 5.24. The molecule has 0 spiro atoms. The quantitative estimate of drug-likeness (QED) is 0.863. The van der Waals surface area contributed by atoms with Gasteiger partial charge in [0.2, 0.25) is 0 Å². The summed E-state index contributed by atoms with van der Waals surface area (Å²) in [4.78, 5) is 21.1. The molecule has 1 aliphatic rings. The number of nitrogens with zero attached hydrogens (tertiary/aromatic N) is 2. The van der Waals surface area contributed by atoms with Gasteiger partial charge in [-0.2, -0.15) is 0 Å². The molecule has 1 aromatic heterocycles. The summed E-state index contributed by atoms with van der Waals surface area (Å²) < 4.78 is 0. The van der Waals surface area contributed by atoms with Gasteiger partial charge in [0.1, 0.15) is 0 Å². The highest BCUT2D eigenvalue weighted by atomic mass is 32.2. The first-order valence-electron chi connectivity index (χ1n) is 6.89. The lowest BCUT2D eigenvalue weighted by Gasteiger charge is -2.01. The molecule has 0 radical (unpaired) electrons. The molecule has 2 heterocycles. The second-order valence-electron chi connectivity index (χ2n) is 5.03. The molecule has 1 fully saturated rings. The smallest absolute Gasteiger partial charge is 0.264 e. The molecule has 22 heavy (non-hydrogen) atoms. The van der Waals surface area contributed by atoms with Crippen molar-refractivity contribution in [1.29, 1.82) is 0 Å². The summed E-state index contributed by atoms with van der Waals surface area (Å²) in [7, 11) is 0. The van der Waals surface area contributed by atoms with Gasteiger partial charge in [0, 0.05) is 12.4 Å².